The molecule has 0 unspecified atom stereocenters. The third-order valence-corrected chi connectivity index (χ3v) is 4.44. The third kappa shape index (κ3) is 3.55. The molecule has 1 N–H and O–H groups in total. The summed E-state index contributed by atoms with van der Waals surface area (Å²) in [5, 5.41) is 2.88. The highest BCUT2D eigenvalue weighted by Gasteiger charge is 2.38. The van der Waals surface area contributed by atoms with Crippen LogP contribution in [-0.4, -0.2) is 22.8 Å². The minimum Gasteiger partial charge on any atom is -0.350 e. The second-order valence-electron chi connectivity index (χ2n) is 6.52. The summed E-state index contributed by atoms with van der Waals surface area (Å²) in [4.78, 5) is 27.1. The predicted molar refractivity (Wildman–Crippen MR) is 93.1 cm³/mol. The normalized spacial score (nSPS) is 16.7. The quantitative estimate of drug-likeness (QED) is 0.930. The van der Waals surface area contributed by atoms with Crippen LogP contribution in [0.15, 0.2) is 48.5 Å². The summed E-state index contributed by atoms with van der Waals surface area (Å²) in [7, 11) is 0. The van der Waals surface area contributed by atoms with Gasteiger partial charge < -0.3 is 10.2 Å². The molecule has 0 aliphatic carbocycles. The Morgan fingerprint density at radius 1 is 1.20 bits per heavy atom. The predicted octanol–water partition coefficient (Wildman–Crippen LogP) is 2.98. The van der Waals surface area contributed by atoms with E-state index in [1.165, 1.54) is 12.1 Å². The molecule has 2 amide bonds. The van der Waals surface area contributed by atoms with Crippen LogP contribution >= 0.6 is 0 Å². The molecule has 130 valence electrons. The van der Waals surface area contributed by atoms with Crippen molar-refractivity contribution in [2.24, 2.45) is 0 Å². The zero-order valence-electron chi connectivity index (χ0n) is 14.3. The molecule has 5 heteroatoms. The van der Waals surface area contributed by atoms with Crippen molar-refractivity contribution in [3.05, 3.63) is 71.0 Å². The fourth-order valence-corrected chi connectivity index (χ4v) is 3.25. The van der Waals surface area contributed by atoms with Gasteiger partial charge in [-0.25, -0.2) is 4.39 Å². The number of rotatable bonds is 4. The van der Waals surface area contributed by atoms with Gasteiger partial charge in [-0.2, -0.15) is 0 Å². The fraction of sp³-hybridized carbons (Fsp3) is 0.300. The Morgan fingerprint density at radius 3 is 2.56 bits per heavy atom. The lowest BCUT2D eigenvalue weighted by atomic mass is 9.90. The van der Waals surface area contributed by atoms with Gasteiger partial charge in [0.25, 0.3) is 0 Å². The number of fused-ring (bicyclic) bond motifs is 1. The topological polar surface area (TPSA) is 49.4 Å². The van der Waals surface area contributed by atoms with Gasteiger partial charge in [-0.05, 0) is 42.7 Å². The molecule has 0 bridgehead atoms. The summed E-state index contributed by atoms with van der Waals surface area (Å²) in [6.45, 7) is 4.11. The van der Waals surface area contributed by atoms with Gasteiger partial charge in [0.2, 0.25) is 11.8 Å². The van der Waals surface area contributed by atoms with Gasteiger partial charge in [-0.15, -0.1) is 0 Å². The van der Waals surface area contributed by atoms with Gasteiger partial charge in [0.05, 0.1) is 6.42 Å². The van der Waals surface area contributed by atoms with E-state index in [2.05, 4.69) is 5.32 Å². The fourth-order valence-electron chi connectivity index (χ4n) is 3.25. The largest absolute Gasteiger partial charge is 0.350 e. The minimum absolute atomic E-state index is 0.0457. The standard InChI is InChI=1S/C20H21FN2O2/c1-13(2)23-18(24)11-15-5-3-4-6-17(15)19(23)20(25)22-12-14-7-9-16(21)10-8-14/h3-10,13,19H,11-12H2,1-2H3,(H,22,25)/t19-/m1/s1. The van der Waals surface area contributed by atoms with Crippen LogP contribution < -0.4 is 5.32 Å². The van der Waals surface area contributed by atoms with Crippen molar-refractivity contribution in [2.45, 2.75) is 38.9 Å². The number of nitrogens with zero attached hydrogens (tertiary/aromatic N) is 1. The lowest BCUT2D eigenvalue weighted by Gasteiger charge is -2.39. The average Bonchev–Trinajstić information content (AvgIpc) is 2.59. The number of halogens is 1. The Hall–Kier alpha value is -2.69. The Balaban J connectivity index is 1.84. The van der Waals surface area contributed by atoms with Crippen molar-refractivity contribution < 1.29 is 14.0 Å². The maximum atomic E-state index is 13.0. The molecule has 0 aromatic heterocycles. The Kier molecular flexibility index (Phi) is 4.83. The van der Waals surface area contributed by atoms with E-state index >= 15 is 0 Å². The second kappa shape index (κ2) is 7.05. The molecule has 0 saturated heterocycles. The van der Waals surface area contributed by atoms with Crippen molar-refractivity contribution in [3.8, 4) is 0 Å². The van der Waals surface area contributed by atoms with Gasteiger partial charge in [-0.3, -0.25) is 9.59 Å². The molecule has 1 aliphatic rings. The van der Waals surface area contributed by atoms with E-state index in [-0.39, 0.29) is 30.2 Å². The first-order chi connectivity index (χ1) is 12.0. The molecule has 0 fully saturated rings. The Labute approximate surface area is 146 Å². The number of nitrogens with one attached hydrogen (secondary N) is 1. The van der Waals surface area contributed by atoms with Gasteiger partial charge in [-0.1, -0.05) is 36.4 Å². The molecule has 3 rings (SSSR count). The highest BCUT2D eigenvalue weighted by Crippen LogP contribution is 2.32. The van der Waals surface area contributed by atoms with Crippen LogP contribution in [0.1, 0.15) is 36.6 Å². The van der Waals surface area contributed by atoms with Crippen molar-refractivity contribution in [3.63, 3.8) is 0 Å². The maximum Gasteiger partial charge on any atom is 0.247 e. The van der Waals surface area contributed by atoms with E-state index in [0.717, 1.165) is 16.7 Å². The van der Waals surface area contributed by atoms with Crippen molar-refractivity contribution >= 4 is 11.8 Å². The molecule has 4 nitrogen and oxygen atoms in total. The first kappa shape index (κ1) is 17.1. The van der Waals surface area contributed by atoms with E-state index in [0.29, 0.717) is 6.42 Å². The van der Waals surface area contributed by atoms with Gasteiger partial charge in [0.1, 0.15) is 11.9 Å². The molecular formula is C20H21FN2O2. The highest BCUT2D eigenvalue weighted by atomic mass is 19.1. The molecule has 1 atom stereocenters. The molecule has 0 spiro atoms. The smallest absolute Gasteiger partial charge is 0.247 e. The third-order valence-electron chi connectivity index (χ3n) is 4.44. The van der Waals surface area contributed by atoms with Crippen LogP contribution in [0.5, 0.6) is 0 Å². The molecule has 1 heterocycles. The number of carbonyl (C=O) groups is 2. The van der Waals surface area contributed by atoms with E-state index in [1.807, 2.05) is 38.1 Å². The SMILES string of the molecule is CC(C)N1C(=O)Cc2ccccc2[C@@H]1C(=O)NCc1ccc(F)cc1. The highest BCUT2D eigenvalue weighted by molar-refractivity contribution is 5.92. The van der Waals surface area contributed by atoms with Crippen LogP contribution in [0.3, 0.4) is 0 Å². The monoisotopic (exact) mass is 340 g/mol. The zero-order valence-corrected chi connectivity index (χ0v) is 14.3. The van der Waals surface area contributed by atoms with Crippen molar-refractivity contribution in [2.75, 3.05) is 0 Å². The molecule has 1 aliphatic heterocycles. The van der Waals surface area contributed by atoms with E-state index in [9.17, 15) is 14.0 Å². The average molecular weight is 340 g/mol. The first-order valence-corrected chi connectivity index (χ1v) is 8.38. The van der Waals surface area contributed by atoms with Crippen LogP contribution in [0.25, 0.3) is 0 Å². The number of hydrogen-bond donors (Lipinski definition) is 1. The summed E-state index contributed by atoms with van der Waals surface area (Å²) in [6, 6.07) is 12.8. The molecule has 2 aromatic rings. The van der Waals surface area contributed by atoms with Crippen molar-refractivity contribution in [1.29, 1.82) is 0 Å². The molecule has 25 heavy (non-hydrogen) atoms. The van der Waals surface area contributed by atoms with E-state index < -0.39 is 6.04 Å². The van der Waals surface area contributed by atoms with Crippen LogP contribution in [-0.2, 0) is 22.6 Å². The summed E-state index contributed by atoms with van der Waals surface area (Å²) in [6.07, 6.45) is 0.316. The van der Waals surface area contributed by atoms with Crippen molar-refractivity contribution in [1.82, 2.24) is 10.2 Å². The number of hydrogen-bond acceptors (Lipinski definition) is 2. The van der Waals surface area contributed by atoms with E-state index in [1.54, 1.807) is 17.0 Å². The maximum absolute atomic E-state index is 13.0. The lowest BCUT2D eigenvalue weighted by molar-refractivity contribution is -0.143. The zero-order chi connectivity index (χ0) is 18.0. The summed E-state index contributed by atoms with van der Waals surface area (Å²) >= 11 is 0. The van der Waals surface area contributed by atoms with Crippen LogP contribution in [0.2, 0.25) is 0 Å². The number of carbonyl (C=O) groups excluding carboxylic acids is 2. The van der Waals surface area contributed by atoms with Crippen LogP contribution in [0, 0.1) is 5.82 Å². The van der Waals surface area contributed by atoms with Gasteiger partial charge in [0.15, 0.2) is 0 Å². The van der Waals surface area contributed by atoms with Crippen LogP contribution in [0.4, 0.5) is 4.39 Å². The number of amides is 2. The summed E-state index contributed by atoms with van der Waals surface area (Å²) < 4.78 is 13.0. The summed E-state index contributed by atoms with van der Waals surface area (Å²) in [5.74, 6) is -0.581. The Bertz CT molecular complexity index is 787. The molecule has 0 radical (unpaired) electrons. The molecular weight excluding hydrogens is 319 g/mol. The number of benzene rings is 2. The molecule has 2 aromatic carbocycles. The first-order valence-electron chi connectivity index (χ1n) is 8.38. The van der Waals surface area contributed by atoms with Gasteiger partial charge in [0, 0.05) is 12.6 Å². The second-order valence-corrected chi connectivity index (χ2v) is 6.52. The van der Waals surface area contributed by atoms with Gasteiger partial charge >= 0.3 is 0 Å². The summed E-state index contributed by atoms with van der Waals surface area (Å²) in [5.41, 5.74) is 2.57. The van der Waals surface area contributed by atoms with E-state index in [4.69, 9.17) is 0 Å². The molecule has 0 saturated carbocycles. The lowest BCUT2D eigenvalue weighted by Crippen LogP contribution is -2.50. The minimum atomic E-state index is -0.641. The Morgan fingerprint density at radius 2 is 1.88 bits per heavy atom.